The third-order valence-electron chi connectivity index (χ3n) is 3.17. The van der Waals surface area contributed by atoms with Crippen molar-refractivity contribution in [2.75, 3.05) is 13.6 Å². The van der Waals surface area contributed by atoms with E-state index >= 15 is 0 Å². The summed E-state index contributed by atoms with van der Waals surface area (Å²) in [5.74, 6) is -1.20. The number of carbonyl (C=O) groups excluding carboxylic acids is 1. The molecule has 1 amide bonds. The number of hydrogen-bond acceptors (Lipinski definition) is 4. The van der Waals surface area contributed by atoms with Crippen LogP contribution in [-0.2, 0) is 4.79 Å². The first-order valence-electron chi connectivity index (χ1n) is 5.86. The molecule has 2 heterocycles. The smallest absolute Gasteiger partial charge is 0.358 e. The van der Waals surface area contributed by atoms with Crippen LogP contribution >= 0.6 is 0 Å². The SMILES string of the molecule is CC(C)c1c(C(=O)O)nnn1C1CCN(C)C1=O. The highest BCUT2D eigenvalue weighted by Crippen LogP contribution is 2.27. The average molecular weight is 252 g/mol. The standard InChI is InChI=1S/C11H16N4O3/c1-6(2)9-8(11(17)18)12-13-15(9)7-4-5-14(3)10(7)16/h6-7H,4-5H2,1-3H3,(H,17,18). The van der Waals surface area contributed by atoms with Gasteiger partial charge in [-0.2, -0.15) is 0 Å². The van der Waals surface area contributed by atoms with Crippen molar-refractivity contribution >= 4 is 11.9 Å². The lowest BCUT2D eigenvalue weighted by Crippen LogP contribution is -2.26. The highest BCUT2D eigenvalue weighted by atomic mass is 16.4. The van der Waals surface area contributed by atoms with Gasteiger partial charge in [0.05, 0.1) is 5.69 Å². The van der Waals surface area contributed by atoms with Gasteiger partial charge in [-0.25, -0.2) is 9.48 Å². The molecule has 2 rings (SSSR count). The number of hydrogen-bond donors (Lipinski definition) is 1. The lowest BCUT2D eigenvalue weighted by Gasteiger charge is -2.15. The largest absolute Gasteiger partial charge is 0.476 e. The number of likely N-dealkylation sites (N-methyl/N-ethyl adjacent to an activating group) is 1. The van der Waals surface area contributed by atoms with E-state index in [0.29, 0.717) is 18.7 Å². The zero-order valence-corrected chi connectivity index (χ0v) is 10.6. The molecule has 18 heavy (non-hydrogen) atoms. The van der Waals surface area contributed by atoms with Crippen molar-refractivity contribution in [3.63, 3.8) is 0 Å². The maximum atomic E-state index is 11.9. The number of aromatic carboxylic acids is 1. The normalized spacial score (nSPS) is 19.9. The van der Waals surface area contributed by atoms with Gasteiger partial charge in [0.1, 0.15) is 6.04 Å². The molecule has 0 radical (unpaired) electrons. The van der Waals surface area contributed by atoms with Crippen molar-refractivity contribution in [3.8, 4) is 0 Å². The molecule has 1 aromatic heterocycles. The minimum Gasteiger partial charge on any atom is -0.476 e. The Balaban J connectivity index is 2.46. The molecule has 1 atom stereocenters. The van der Waals surface area contributed by atoms with Crippen LogP contribution in [-0.4, -0.2) is 50.5 Å². The van der Waals surface area contributed by atoms with E-state index in [-0.39, 0.29) is 17.5 Å². The molecule has 7 heteroatoms. The number of carboxylic acid groups (broad SMARTS) is 1. The molecule has 1 N–H and O–H groups in total. The van der Waals surface area contributed by atoms with Crippen molar-refractivity contribution in [1.82, 2.24) is 19.9 Å². The summed E-state index contributed by atoms with van der Waals surface area (Å²) in [6, 6.07) is -0.423. The van der Waals surface area contributed by atoms with Crippen molar-refractivity contribution in [2.24, 2.45) is 0 Å². The van der Waals surface area contributed by atoms with Crippen molar-refractivity contribution in [2.45, 2.75) is 32.2 Å². The van der Waals surface area contributed by atoms with Gasteiger partial charge in [-0.3, -0.25) is 4.79 Å². The lowest BCUT2D eigenvalue weighted by molar-refractivity contribution is -0.129. The molecule has 0 aliphatic carbocycles. The fourth-order valence-corrected chi connectivity index (χ4v) is 2.25. The molecule has 0 spiro atoms. The third kappa shape index (κ3) is 1.85. The molecule has 1 unspecified atom stereocenters. The zero-order chi connectivity index (χ0) is 13.4. The number of rotatable bonds is 3. The molecule has 7 nitrogen and oxygen atoms in total. The predicted octanol–water partition coefficient (Wildman–Crippen LogP) is 0.503. The Kier molecular flexibility index (Phi) is 3.06. The van der Waals surface area contributed by atoms with Gasteiger partial charge in [0, 0.05) is 13.6 Å². The molecular formula is C11H16N4O3. The molecule has 1 saturated heterocycles. The van der Waals surface area contributed by atoms with Crippen LogP contribution in [0.2, 0.25) is 0 Å². The van der Waals surface area contributed by atoms with Crippen LogP contribution in [0.5, 0.6) is 0 Å². The molecule has 1 aliphatic heterocycles. The molecule has 1 aliphatic rings. The summed E-state index contributed by atoms with van der Waals surface area (Å²) < 4.78 is 1.47. The molecule has 0 bridgehead atoms. The predicted molar refractivity (Wildman–Crippen MR) is 62.4 cm³/mol. The summed E-state index contributed by atoms with van der Waals surface area (Å²) in [4.78, 5) is 24.7. The van der Waals surface area contributed by atoms with E-state index in [2.05, 4.69) is 10.3 Å². The Morgan fingerprint density at radius 2 is 2.17 bits per heavy atom. The monoisotopic (exact) mass is 252 g/mol. The van der Waals surface area contributed by atoms with Gasteiger partial charge in [0.2, 0.25) is 5.91 Å². The van der Waals surface area contributed by atoms with Gasteiger partial charge >= 0.3 is 5.97 Å². The van der Waals surface area contributed by atoms with E-state index in [4.69, 9.17) is 5.11 Å². The van der Waals surface area contributed by atoms with E-state index in [1.54, 1.807) is 11.9 Å². The van der Waals surface area contributed by atoms with Crippen LogP contribution in [0.25, 0.3) is 0 Å². The van der Waals surface area contributed by atoms with Gasteiger partial charge in [0.15, 0.2) is 5.69 Å². The van der Waals surface area contributed by atoms with Crippen molar-refractivity contribution < 1.29 is 14.7 Å². The van der Waals surface area contributed by atoms with Crippen LogP contribution in [0.15, 0.2) is 0 Å². The summed E-state index contributed by atoms with van der Waals surface area (Å²) in [5, 5.41) is 16.6. The van der Waals surface area contributed by atoms with E-state index in [9.17, 15) is 9.59 Å². The number of nitrogens with zero attached hydrogens (tertiary/aromatic N) is 4. The Labute approximate surface area is 104 Å². The summed E-state index contributed by atoms with van der Waals surface area (Å²) in [6.45, 7) is 4.39. The topological polar surface area (TPSA) is 88.3 Å². The van der Waals surface area contributed by atoms with Crippen LogP contribution < -0.4 is 0 Å². The quantitative estimate of drug-likeness (QED) is 0.846. The van der Waals surface area contributed by atoms with Crippen LogP contribution in [0.4, 0.5) is 0 Å². The highest BCUT2D eigenvalue weighted by Gasteiger charge is 2.35. The fraction of sp³-hybridized carbons (Fsp3) is 0.636. The number of amides is 1. The Bertz CT molecular complexity index is 494. The minimum atomic E-state index is -1.11. The fourth-order valence-electron chi connectivity index (χ4n) is 2.25. The second kappa shape index (κ2) is 4.40. The Morgan fingerprint density at radius 1 is 1.50 bits per heavy atom. The van der Waals surface area contributed by atoms with Gasteiger partial charge in [-0.15, -0.1) is 5.10 Å². The molecular weight excluding hydrogens is 236 g/mol. The number of likely N-dealkylation sites (tertiary alicyclic amines) is 1. The van der Waals surface area contributed by atoms with Gasteiger partial charge in [0.25, 0.3) is 0 Å². The van der Waals surface area contributed by atoms with Crippen molar-refractivity contribution in [3.05, 3.63) is 11.4 Å². The van der Waals surface area contributed by atoms with E-state index in [1.165, 1.54) is 4.68 Å². The number of aromatic nitrogens is 3. The summed E-state index contributed by atoms with van der Waals surface area (Å²) in [5.41, 5.74) is 0.448. The minimum absolute atomic E-state index is 0.0428. The zero-order valence-electron chi connectivity index (χ0n) is 10.6. The maximum absolute atomic E-state index is 11.9. The third-order valence-corrected chi connectivity index (χ3v) is 3.17. The maximum Gasteiger partial charge on any atom is 0.358 e. The number of carboxylic acids is 1. The summed E-state index contributed by atoms with van der Waals surface area (Å²) in [7, 11) is 1.73. The Hall–Kier alpha value is -1.92. The summed E-state index contributed by atoms with van der Waals surface area (Å²) >= 11 is 0. The molecule has 0 saturated carbocycles. The molecule has 98 valence electrons. The van der Waals surface area contributed by atoms with Gasteiger partial charge < -0.3 is 10.0 Å². The average Bonchev–Trinajstić information content (AvgIpc) is 2.84. The van der Waals surface area contributed by atoms with Crippen LogP contribution in [0.3, 0.4) is 0 Å². The first-order chi connectivity index (χ1) is 8.43. The van der Waals surface area contributed by atoms with Gasteiger partial charge in [-0.1, -0.05) is 19.1 Å². The van der Waals surface area contributed by atoms with Crippen LogP contribution in [0, 0.1) is 0 Å². The molecule has 1 fully saturated rings. The van der Waals surface area contributed by atoms with E-state index in [0.717, 1.165) is 0 Å². The van der Waals surface area contributed by atoms with Crippen molar-refractivity contribution in [1.29, 1.82) is 0 Å². The second-order valence-corrected chi connectivity index (χ2v) is 4.79. The van der Waals surface area contributed by atoms with Crippen LogP contribution in [0.1, 0.15) is 48.4 Å². The first-order valence-corrected chi connectivity index (χ1v) is 5.86. The van der Waals surface area contributed by atoms with Gasteiger partial charge in [-0.05, 0) is 12.3 Å². The number of carbonyl (C=O) groups is 2. The van der Waals surface area contributed by atoms with E-state index in [1.807, 2.05) is 13.8 Å². The Morgan fingerprint density at radius 3 is 2.61 bits per heavy atom. The second-order valence-electron chi connectivity index (χ2n) is 4.79. The molecule has 0 aromatic carbocycles. The summed E-state index contributed by atoms with van der Waals surface area (Å²) in [6.07, 6.45) is 0.636. The lowest BCUT2D eigenvalue weighted by atomic mass is 10.1. The van der Waals surface area contributed by atoms with E-state index < -0.39 is 12.0 Å². The molecule has 1 aromatic rings. The first kappa shape index (κ1) is 12.5. The highest BCUT2D eigenvalue weighted by molar-refractivity contribution is 5.87.